The molecule has 1 aromatic rings. The Kier molecular flexibility index (Phi) is 4.31. The number of aryl methyl sites for hydroxylation is 1. The Morgan fingerprint density at radius 1 is 1.33 bits per heavy atom. The van der Waals surface area contributed by atoms with Crippen molar-refractivity contribution in [3.05, 3.63) is 29.8 Å². The largest absolute Gasteiger partial charge is 0.478 e. The van der Waals surface area contributed by atoms with E-state index >= 15 is 0 Å². The number of carbonyl (C=O) groups is 2. The molecule has 1 amide bonds. The Bertz CT molecular complexity index is 454. The number of hydrogen-bond acceptors (Lipinski definition) is 3. The molecule has 0 saturated heterocycles. The second-order valence-corrected chi connectivity index (χ2v) is 4.49. The Balaban J connectivity index is 2.88. The molecule has 0 bridgehead atoms. The molecular formula is C13H17NO4. The number of rotatable bonds is 6. The van der Waals surface area contributed by atoms with E-state index in [0.29, 0.717) is 12.2 Å². The van der Waals surface area contributed by atoms with E-state index in [4.69, 9.17) is 15.6 Å². The fraction of sp³-hybridized carbons (Fsp3) is 0.385. The van der Waals surface area contributed by atoms with Crippen LogP contribution in [0.1, 0.15) is 25.8 Å². The van der Waals surface area contributed by atoms with Crippen LogP contribution in [0.15, 0.2) is 24.3 Å². The fourth-order valence-corrected chi connectivity index (χ4v) is 1.39. The van der Waals surface area contributed by atoms with Gasteiger partial charge in [-0.15, -0.1) is 0 Å². The molecule has 98 valence electrons. The van der Waals surface area contributed by atoms with Gasteiger partial charge in [0.15, 0.2) is 5.60 Å². The summed E-state index contributed by atoms with van der Waals surface area (Å²) in [6.07, 6.45) is 0.634. The van der Waals surface area contributed by atoms with Gasteiger partial charge in [-0.2, -0.15) is 0 Å². The minimum Gasteiger partial charge on any atom is -0.478 e. The summed E-state index contributed by atoms with van der Waals surface area (Å²) in [4.78, 5) is 21.8. The molecule has 0 fully saturated rings. The zero-order valence-corrected chi connectivity index (χ0v) is 10.5. The number of para-hydroxylation sites is 1. The number of ether oxygens (including phenoxy) is 1. The molecule has 5 nitrogen and oxygen atoms in total. The minimum atomic E-state index is -1.32. The van der Waals surface area contributed by atoms with Crippen LogP contribution in [0.4, 0.5) is 0 Å². The highest BCUT2D eigenvalue weighted by Crippen LogP contribution is 2.24. The molecule has 0 aliphatic heterocycles. The number of carbonyl (C=O) groups excluding carboxylic acids is 1. The van der Waals surface area contributed by atoms with E-state index in [2.05, 4.69) is 0 Å². The maximum atomic E-state index is 11.0. The Morgan fingerprint density at radius 3 is 2.50 bits per heavy atom. The van der Waals surface area contributed by atoms with E-state index in [-0.39, 0.29) is 6.42 Å². The maximum absolute atomic E-state index is 11.0. The lowest BCUT2D eigenvalue weighted by Crippen LogP contribution is -2.38. The second kappa shape index (κ2) is 5.53. The van der Waals surface area contributed by atoms with Gasteiger partial charge in [0, 0.05) is 6.42 Å². The van der Waals surface area contributed by atoms with Gasteiger partial charge in [0.05, 0.1) is 0 Å². The molecule has 0 aliphatic carbocycles. The third-order valence-corrected chi connectivity index (χ3v) is 2.49. The molecule has 0 heterocycles. The quantitative estimate of drug-likeness (QED) is 0.798. The maximum Gasteiger partial charge on any atom is 0.347 e. The number of nitrogens with two attached hydrogens (primary N) is 1. The lowest BCUT2D eigenvalue weighted by molar-refractivity contribution is -0.152. The van der Waals surface area contributed by atoms with Crippen molar-refractivity contribution in [1.29, 1.82) is 0 Å². The number of primary amides is 1. The number of carboxylic acids is 1. The van der Waals surface area contributed by atoms with Crippen molar-refractivity contribution in [3.63, 3.8) is 0 Å². The molecule has 0 aliphatic rings. The van der Waals surface area contributed by atoms with Crippen molar-refractivity contribution in [2.24, 2.45) is 5.73 Å². The number of hydrogen-bond donors (Lipinski definition) is 2. The van der Waals surface area contributed by atoms with Crippen LogP contribution in [0, 0.1) is 0 Å². The summed E-state index contributed by atoms with van der Waals surface area (Å²) in [5, 5.41) is 9.01. The van der Waals surface area contributed by atoms with Gasteiger partial charge in [-0.3, -0.25) is 4.79 Å². The highest BCUT2D eigenvalue weighted by molar-refractivity contribution is 5.77. The molecule has 0 unspecified atom stereocenters. The van der Waals surface area contributed by atoms with Crippen LogP contribution in [0.3, 0.4) is 0 Å². The Hall–Kier alpha value is -2.04. The smallest absolute Gasteiger partial charge is 0.347 e. The zero-order chi connectivity index (χ0) is 13.8. The van der Waals surface area contributed by atoms with Crippen LogP contribution in [0.5, 0.6) is 5.75 Å². The van der Waals surface area contributed by atoms with Crippen LogP contribution in [-0.4, -0.2) is 22.6 Å². The summed E-state index contributed by atoms with van der Waals surface area (Å²) in [5.74, 6) is -0.986. The van der Waals surface area contributed by atoms with Crippen molar-refractivity contribution >= 4 is 11.9 Å². The van der Waals surface area contributed by atoms with E-state index in [0.717, 1.165) is 5.56 Å². The average molecular weight is 251 g/mol. The monoisotopic (exact) mass is 251 g/mol. The zero-order valence-electron chi connectivity index (χ0n) is 10.5. The summed E-state index contributed by atoms with van der Waals surface area (Å²) in [6.45, 7) is 2.94. The normalized spacial score (nSPS) is 11.0. The fourth-order valence-electron chi connectivity index (χ4n) is 1.39. The van der Waals surface area contributed by atoms with Gasteiger partial charge in [0.2, 0.25) is 5.91 Å². The summed E-state index contributed by atoms with van der Waals surface area (Å²) in [7, 11) is 0. The van der Waals surface area contributed by atoms with Crippen LogP contribution < -0.4 is 10.5 Å². The standard InChI is InChI=1S/C13H17NO4/c1-13(2,12(16)17)18-10-6-4-3-5-9(10)7-8-11(14)15/h3-6H,7-8H2,1-2H3,(H2,14,15)(H,16,17). The van der Waals surface area contributed by atoms with E-state index in [9.17, 15) is 9.59 Å². The van der Waals surface area contributed by atoms with Crippen molar-refractivity contribution < 1.29 is 19.4 Å². The first-order valence-electron chi connectivity index (χ1n) is 5.61. The third kappa shape index (κ3) is 3.76. The number of aliphatic carboxylic acids is 1. The predicted molar refractivity (Wildman–Crippen MR) is 66.3 cm³/mol. The van der Waals surface area contributed by atoms with E-state index < -0.39 is 17.5 Å². The minimum absolute atomic E-state index is 0.202. The van der Waals surface area contributed by atoms with Crippen molar-refractivity contribution in [1.82, 2.24) is 0 Å². The molecule has 3 N–H and O–H groups in total. The van der Waals surface area contributed by atoms with Crippen molar-refractivity contribution in [2.45, 2.75) is 32.3 Å². The molecule has 1 rings (SSSR count). The van der Waals surface area contributed by atoms with Gasteiger partial charge in [-0.25, -0.2) is 4.79 Å². The third-order valence-electron chi connectivity index (χ3n) is 2.49. The van der Waals surface area contributed by atoms with Crippen LogP contribution in [0.25, 0.3) is 0 Å². The number of benzene rings is 1. The van der Waals surface area contributed by atoms with Gasteiger partial charge in [0.1, 0.15) is 5.75 Å². The van der Waals surface area contributed by atoms with E-state index in [1.54, 1.807) is 24.3 Å². The molecule has 1 aromatic carbocycles. The van der Waals surface area contributed by atoms with Crippen molar-refractivity contribution in [2.75, 3.05) is 0 Å². The summed E-state index contributed by atoms with van der Waals surface area (Å²) in [5.41, 5.74) is 4.54. The van der Waals surface area contributed by atoms with Crippen LogP contribution >= 0.6 is 0 Å². The molecule has 5 heteroatoms. The van der Waals surface area contributed by atoms with Gasteiger partial charge in [-0.05, 0) is 31.9 Å². The highest BCUT2D eigenvalue weighted by atomic mass is 16.5. The second-order valence-electron chi connectivity index (χ2n) is 4.49. The van der Waals surface area contributed by atoms with Crippen LogP contribution in [-0.2, 0) is 16.0 Å². The lowest BCUT2D eigenvalue weighted by atomic mass is 10.1. The highest BCUT2D eigenvalue weighted by Gasteiger charge is 2.30. The molecule has 0 atom stereocenters. The van der Waals surface area contributed by atoms with Gasteiger partial charge < -0.3 is 15.6 Å². The molecular weight excluding hydrogens is 234 g/mol. The molecule has 0 spiro atoms. The molecule has 18 heavy (non-hydrogen) atoms. The Morgan fingerprint density at radius 2 is 1.94 bits per heavy atom. The molecule has 0 radical (unpaired) electrons. The first-order chi connectivity index (χ1) is 8.33. The van der Waals surface area contributed by atoms with Gasteiger partial charge >= 0.3 is 5.97 Å². The summed E-state index contributed by atoms with van der Waals surface area (Å²) in [6, 6.07) is 7.02. The first-order valence-corrected chi connectivity index (χ1v) is 5.61. The molecule has 0 aromatic heterocycles. The van der Waals surface area contributed by atoms with E-state index in [1.807, 2.05) is 0 Å². The number of amides is 1. The van der Waals surface area contributed by atoms with Crippen molar-refractivity contribution in [3.8, 4) is 5.75 Å². The van der Waals surface area contributed by atoms with E-state index in [1.165, 1.54) is 13.8 Å². The SMILES string of the molecule is CC(C)(Oc1ccccc1CCC(N)=O)C(=O)O. The first kappa shape index (κ1) is 14.0. The summed E-state index contributed by atoms with van der Waals surface area (Å²) >= 11 is 0. The number of carboxylic acid groups (broad SMARTS) is 1. The Labute approximate surface area is 106 Å². The average Bonchev–Trinajstić information content (AvgIpc) is 2.27. The molecule has 0 saturated carbocycles. The topological polar surface area (TPSA) is 89.6 Å². The van der Waals surface area contributed by atoms with Gasteiger partial charge in [-0.1, -0.05) is 18.2 Å². The lowest BCUT2D eigenvalue weighted by Gasteiger charge is -2.23. The summed E-state index contributed by atoms with van der Waals surface area (Å²) < 4.78 is 5.48. The predicted octanol–water partition coefficient (Wildman–Crippen LogP) is 1.35. The van der Waals surface area contributed by atoms with Gasteiger partial charge in [0.25, 0.3) is 0 Å². The van der Waals surface area contributed by atoms with Crippen LogP contribution in [0.2, 0.25) is 0 Å².